The topological polar surface area (TPSA) is 92.8 Å². The van der Waals surface area contributed by atoms with E-state index in [9.17, 15) is 19.2 Å². The number of esters is 1. The Morgan fingerprint density at radius 1 is 1.22 bits per heavy atom. The van der Waals surface area contributed by atoms with E-state index in [1.165, 1.54) is 14.0 Å². The average Bonchev–Trinajstić information content (AvgIpc) is 2.91. The SMILES string of the molecule is CCC[C@H]1CCC[C@H](NC(=O)[C@H](Cc2ccccc2)SC(C)=O)C(=O)N1[C@@H](C)C(=O)OC. The number of nitrogens with one attached hydrogen (secondary N) is 1. The highest BCUT2D eigenvalue weighted by Gasteiger charge is 2.39. The maximum atomic E-state index is 13.5. The van der Waals surface area contributed by atoms with E-state index >= 15 is 0 Å². The van der Waals surface area contributed by atoms with Crippen LogP contribution < -0.4 is 5.32 Å². The fraction of sp³-hybridized carbons (Fsp3) is 0.583. The number of carbonyl (C=O) groups excluding carboxylic acids is 4. The molecule has 1 N–H and O–H groups in total. The van der Waals surface area contributed by atoms with Gasteiger partial charge in [0.2, 0.25) is 11.8 Å². The van der Waals surface area contributed by atoms with E-state index in [0.29, 0.717) is 12.8 Å². The number of thioether (sulfide) groups is 1. The van der Waals surface area contributed by atoms with Gasteiger partial charge in [0, 0.05) is 13.0 Å². The standard InChI is InChI=1S/C24H34N2O5S/c1-5-10-19-13-9-14-20(23(29)26(19)16(2)24(30)31-4)25-22(28)21(32-17(3)27)15-18-11-7-6-8-12-18/h6-8,11-12,16,19-21H,5,9-10,13-15H2,1-4H3,(H,25,28)/t16-,19-,20-,21-/m0/s1. The van der Waals surface area contributed by atoms with Crippen molar-refractivity contribution in [3.63, 3.8) is 0 Å². The van der Waals surface area contributed by atoms with Gasteiger partial charge >= 0.3 is 5.97 Å². The van der Waals surface area contributed by atoms with Crippen molar-refractivity contribution >= 4 is 34.7 Å². The van der Waals surface area contributed by atoms with Crippen molar-refractivity contribution in [3.8, 4) is 0 Å². The largest absolute Gasteiger partial charge is 0.467 e. The lowest BCUT2D eigenvalue weighted by Gasteiger charge is -2.35. The Labute approximate surface area is 194 Å². The van der Waals surface area contributed by atoms with Crippen molar-refractivity contribution in [2.45, 2.75) is 82.7 Å². The van der Waals surface area contributed by atoms with Crippen LogP contribution in [0, 0.1) is 0 Å². The monoisotopic (exact) mass is 462 g/mol. The zero-order chi connectivity index (χ0) is 23.7. The summed E-state index contributed by atoms with van der Waals surface area (Å²) in [7, 11) is 1.31. The molecule has 1 fully saturated rings. The van der Waals surface area contributed by atoms with Crippen molar-refractivity contribution in [2.75, 3.05) is 7.11 Å². The molecule has 1 aliphatic rings. The fourth-order valence-electron chi connectivity index (χ4n) is 4.20. The highest BCUT2D eigenvalue weighted by molar-refractivity contribution is 8.14. The van der Waals surface area contributed by atoms with Gasteiger partial charge in [0.15, 0.2) is 5.12 Å². The van der Waals surface area contributed by atoms with E-state index in [1.807, 2.05) is 37.3 Å². The number of ether oxygens (including phenoxy) is 1. The molecule has 1 saturated heterocycles. The maximum Gasteiger partial charge on any atom is 0.328 e. The van der Waals surface area contributed by atoms with Crippen molar-refractivity contribution < 1.29 is 23.9 Å². The molecule has 0 aromatic heterocycles. The molecular formula is C24H34N2O5S. The van der Waals surface area contributed by atoms with Crippen LogP contribution in [-0.4, -0.2) is 58.3 Å². The predicted molar refractivity (Wildman–Crippen MR) is 125 cm³/mol. The first-order chi connectivity index (χ1) is 15.3. The highest BCUT2D eigenvalue weighted by atomic mass is 32.2. The fourth-order valence-corrected chi connectivity index (χ4v) is 5.05. The van der Waals surface area contributed by atoms with Crippen LogP contribution in [0.25, 0.3) is 0 Å². The number of hydrogen-bond acceptors (Lipinski definition) is 6. The second-order valence-corrected chi connectivity index (χ2v) is 9.55. The number of hydrogen-bond donors (Lipinski definition) is 1. The molecule has 8 heteroatoms. The lowest BCUT2D eigenvalue weighted by molar-refractivity contribution is -0.155. The minimum atomic E-state index is -0.734. The summed E-state index contributed by atoms with van der Waals surface area (Å²) in [6.07, 6.45) is 4.08. The molecule has 0 spiro atoms. The van der Waals surface area contributed by atoms with Crippen molar-refractivity contribution in [2.24, 2.45) is 0 Å². The lowest BCUT2D eigenvalue weighted by Crippen LogP contribution is -2.56. The molecule has 7 nitrogen and oxygen atoms in total. The molecule has 0 aliphatic carbocycles. The molecule has 1 heterocycles. The molecule has 0 bridgehead atoms. The molecule has 0 radical (unpaired) electrons. The van der Waals surface area contributed by atoms with E-state index in [0.717, 1.165) is 43.0 Å². The molecule has 176 valence electrons. The Kier molecular flexibility index (Phi) is 10.2. The Balaban J connectivity index is 2.21. The van der Waals surface area contributed by atoms with E-state index in [2.05, 4.69) is 5.32 Å². The van der Waals surface area contributed by atoms with Crippen LogP contribution in [0.5, 0.6) is 0 Å². The molecule has 2 rings (SSSR count). The zero-order valence-electron chi connectivity index (χ0n) is 19.3. The van der Waals surface area contributed by atoms with Gasteiger partial charge in [-0.15, -0.1) is 0 Å². The Bertz CT molecular complexity index is 801. The Morgan fingerprint density at radius 2 is 1.91 bits per heavy atom. The second kappa shape index (κ2) is 12.6. The number of nitrogens with zero attached hydrogens (tertiary/aromatic N) is 1. The molecule has 0 saturated carbocycles. The first-order valence-corrected chi connectivity index (χ1v) is 12.1. The molecule has 32 heavy (non-hydrogen) atoms. The van der Waals surface area contributed by atoms with Crippen molar-refractivity contribution in [1.82, 2.24) is 10.2 Å². The number of likely N-dealkylation sites (tertiary alicyclic amines) is 1. The third-order valence-corrected chi connectivity index (χ3v) is 6.74. The average molecular weight is 463 g/mol. The molecule has 2 amide bonds. The molecule has 1 aromatic rings. The summed E-state index contributed by atoms with van der Waals surface area (Å²) in [6.45, 7) is 5.14. The number of benzene rings is 1. The summed E-state index contributed by atoms with van der Waals surface area (Å²) in [5.74, 6) is -1.08. The quantitative estimate of drug-likeness (QED) is 0.567. The normalized spacial score (nSPS) is 20.8. The third-order valence-electron chi connectivity index (χ3n) is 5.74. The summed E-state index contributed by atoms with van der Waals surface area (Å²) in [5.41, 5.74) is 0.942. The van der Waals surface area contributed by atoms with Gasteiger partial charge in [-0.05, 0) is 44.6 Å². The summed E-state index contributed by atoms with van der Waals surface area (Å²) in [4.78, 5) is 52.2. The van der Waals surface area contributed by atoms with Crippen LogP contribution in [0.15, 0.2) is 30.3 Å². The third kappa shape index (κ3) is 7.08. The lowest BCUT2D eigenvalue weighted by atomic mass is 10.0. The predicted octanol–water partition coefficient (Wildman–Crippen LogP) is 3.10. The number of carbonyl (C=O) groups is 4. The van der Waals surface area contributed by atoms with Crippen LogP contribution in [0.3, 0.4) is 0 Å². The number of amides is 2. The summed E-state index contributed by atoms with van der Waals surface area (Å²) >= 11 is 0.972. The van der Waals surface area contributed by atoms with Gasteiger partial charge in [0.1, 0.15) is 12.1 Å². The summed E-state index contributed by atoms with van der Waals surface area (Å²) in [5, 5.41) is 2.09. The molecule has 4 atom stereocenters. The van der Waals surface area contributed by atoms with Gasteiger partial charge < -0.3 is 15.0 Å². The minimum absolute atomic E-state index is 0.0739. The smallest absolute Gasteiger partial charge is 0.328 e. The Morgan fingerprint density at radius 3 is 2.50 bits per heavy atom. The number of rotatable bonds is 9. The number of methoxy groups -OCH3 is 1. The van der Waals surface area contributed by atoms with Gasteiger partial charge in [0.25, 0.3) is 0 Å². The van der Waals surface area contributed by atoms with Crippen LogP contribution in [-0.2, 0) is 30.3 Å². The molecular weight excluding hydrogens is 428 g/mol. The Hall–Kier alpha value is -2.35. The molecule has 1 aliphatic heterocycles. The first-order valence-electron chi connectivity index (χ1n) is 11.2. The van der Waals surface area contributed by atoms with Gasteiger partial charge in [0.05, 0.1) is 12.4 Å². The van der Waals surface area contributed by atoms with Crippen LogP contribution in [0.1, 0.15) is 58.4 Å². The zero-order valence-corrected chi connectivity index (χ0v) is 20.2. The molecule has 1 aromatic carbocycles. The van der Waals surface area contributed by atoms with E-state index in [4.69, 9.17) is 4.74 Å². The van der Waals surface area contributed by atoms with Crippen molar-refractivity contribution in [3.05, 3.63) is 35.9 Å². The summed E-state index contributed by atoms with van der Waals surface area (Å²) < 4.78 is 4.88. The van der Waals surface area contributed by atoms with Gasteiger partial charge in [-0.25, -0.2) is 4.79 Å². The maximum absolute atomic E-state index is 13.5. The molecule has 0 unspecified atom stereocenters. The summed E-state index contributed by atoms with van der Waals surface area (Å²) in [6, 6.07) is 7.95. The van der Waals surface area contributed by atoms with E-state index in [1.54, 1.807) is 11.8 Å². The van der Waals surface area contributed by atoms with Crippen LogP contribution >= 0.6 is 11.8 Å². The van der Waals surface area contributed by atoms with Crippen molar-refractivity contribution in [1.29, 1.82) is 0 Å². The first kappa shape index (κ1) is 25.9. The highest BCUT2D eigenvalue weighted by Crippen LogP contribution is 2.25. The van der Waals surface area contributed by atoms with E-state index in [-0.39, 0.29) is 23.0 Å². The van der Waals surface area contributed by atoms with Gasteiger partial charge in [-0.2, -0.15) is 0 Å². The second-order valence-electron chi connectivity index (χ2n) is 8.17. The van der Waals surface area contributed by atoms with Crippen LogP contribution in [0.2, 0.25) is 0 Å². The van der Waals surface area contributed by atoms with Gasteiger partial charge in [-0.3, -0.25) is 14.4 Å². The minimum Gasteiger partial charge on any atom is -0.467 e. The van der Waals surface area contributed by atoms with Gasteiger partial charge in [-0.1, -0.05) is 55.4 Å². The van der Waals surface area contributed by atoms with Crippen LogP contribution in [0.4, 0.5) is 0 Å². The van der Waals surface area contributed by atoms with E-state index < -0.39 is 23.3 Å².